The van der Waals surface area contributed by atoms with E-state index in [2.05, 4.69) is 77.5 Å². The first-order valence-electron chi connectivity index (χ1n) is 21.5. The van der Waals surface area contributed by atoms with Gasteiger partial charge in [-0.1, -0.05) is 103 Å². The molecule has 0 bridgehead atoms. The number of methoxy groups -OCH3 is 1. The van der Waals surface area contributed by atoms with Gasteiger partial charge in [-0.3, -0.25) is 0 Å². The number of imidazole rings is 3. The van der Waals surface area contributed by atoms with Crippen LogP contribution in [0.2, 0.25) is 0 Å². The van der Waals surface area contributed by atoms with E-state index < -0.39 is 36.0 Å². The van der Waals surface area contributed by atoms with E-state index in [0.717, 1.165) is 69.4 Å². The Bertz CT molecular complexity index is 3930. The molecule has 0 fully saturated rings. The molecule has 0 saturated carbocycles. The molecule has 0 saturated heterocycles. The topological polar surface area (TPSA) is 258 Å². The van der Waals surface area contributed by atoms with E-state index in [0.29, 0.717) is 43.3 Å². The molecule has 10 aromatic rings. The monoisotopic (exact) mass is 1370 g/mol. The van der Waals surface area contributed by atoms with Gasteiger partial charge >= 0.3 is 9.15 Å². The van der Waals surface area contributed by atoms with Gasteiger partial charge in [0.15, 0.2) is 0 Å². The lowest BCUT2D eigenvalue weighted by Crippen LogP contribution is -2.22. The normalized spacial score (nSPS) is 11.5. The van der Waals surface area contributed by atoms with Crippen molar-refractivity contribution in [1.29, 1.82) is 0 Å². The second-order valence-electron chi connectivity index (χ2n) is 15.8. The second kappa shape index (κ2) is 26.6. The van der Waals surface area contributed by atoms with Crippen LogP contribution in [-0.4, -0.2) is 146 Å². The van der Waals surface area contributed by atoms with Crippen molar-refractivity contribution in [2.24, 2.45) is 0 Å². The molecule has 0 radical (unpaired) electrons. The number of halogens is 3. The Morgan fingerprint density at radius 3 is 1.24 bits per heavy atom. The zero-order valence-electron chi connectivity index (χ0n) is 40.7. The maximum atomic E-state index is 12.2. The van der Waals surface area contributed by atoms with Crippen LogP contribution in [0.3, 0.4) is 0 Å². The maximum absolute atomic E-state index is 12.2. The van der Waals surface area contributed by atoms with Crippen LogP contribution in [0.1, 0.15) is 26.6 Å². The first kappa shape index (κ1) is 63.3. The highest BCUT2D eigenvalue weighted by atomic mass is 79.9. The Labute approximate surface area is 489 Å². The Morgan fingerprint density at radius 2 is 0.897 bits per heavy atom. The fourth-order valence-electron chi connectivity index (χ4n) is 6.15. The number of benzene rings is 4. The molecular formula is C46H52BBr3N12O10S6. The molecule has 416 valence electrons. The van der Waals surface area contributed by atoms with E-state index in [9.17, 15) is 35.2 Å². The van der Waals surface area contributed by atoms with Crippen molar-refractivity contribution in [3.8, 4) is 51.0 Å². The minimum absolute atomic E-state index is 0. The number of nitrogens with zero attached hydrogens (tertiary/aromatic N) is 12. The third-order valence-electron chi connectivity index (χ3n) is 10.0. The second-order valence-corrected chi connectivity index (χ2v) is 32.1. The summed E-state index contributed by atoms with van der Waals surface area (Å²) in [4.78, 5) is 26.9. The number of phenolic OH excluding ortho intramolecular Hbond substituents is 1. The van der Waals surface area contributed by atoms with Gasteiger partial charge in [0.05, 0.1) is 48.3 Å². The third-order valence-corrected chi connectivity index (χ3v) is 19.3. The quantitative estimate of drug-likeness (QED) is 0.0678. The number of fused-ring (bicyclic) bond motifs is 3. The lowest BCUT2D eigenvalue weighted by atomic mass is 10.1. The zero-order chi connectivity index (χ0) is 55.3. The number of rotatable bonds is 12. The average Bonchev–Trinajstić information content (AvgIpc) is 4.26. The molecule has 32 heteroatoms. The number of hydrogen-bond donors (Lipinski definition) is 1. The highest BCUT2D eigenvalue weighted by molar-refractivity contribution is 9.69. The van der Waals surface area contributed by atoms with E-state index in [1.54, 1.807) is 86.4 Å². The predicted octanol–water partition coefficient (Wildman–Crippen LogP) is 9.73. The van der Waals surface area contributed by atoms with Crippen LogP contribution in [0.15, 0.2) is 135 Å². The van der Waals surface area contributed by atoms with Crippen molar-refractivity contribution in [2.75, 3.05) is 49.4 Å². The summed E-state index contributed by atoms with van der Waals surface area (Å²) < 4.78 is 91.1. The van der Waals surface area contributed by atoms with Crippen molar-refractivity contribution in [3.05, 3.63) is 127 Å². The summed E-state index contributed by atoms with van der Waals surface area (Å²) in [5.74, 6) is 0.815. The third kappa shape index (κ3) is 15.0. The summed E-state index contributed by atoms with van der Waals surface area (Å²) in [6.45, 7) is 0. The lowest BCUT2D eigenvalue weighted by molar-refractivity contribution is 0.0734. The van der Waals surface area contributed by atoms with Gasteiger partial charge in [-0.15, -0.1) is 62.6 Å². The summed E-state index contributed by atoms with van der Waals surface area (Å²) in [5, 5.41) is 21.8. The van der Waals surface area contributed by atoms with Crippen LogP contribution in [0.5, 0.6) is 17.2 Å². The Morgan fingerprint density at radius 1 is 0.551 bits per heavy atom. The van der Waals surface area contributed by atoms with Gasteiger partial charge in [0.1, 0.15) is 17.2 Å². The minimum Gasteiger partial charge on any atom is -0.508 e. The number of carbonyl (C=O) groups excluding carboxylic acids is 1. The number of hydrogen-bond acceptors (Lipinski definition) is 19. The summed E-state index contributed by atoms with van der Waals surface area (Å²) >= 11 is 12.3. The van der Waals surface area contributed by atoms with Crippen molar-refractivity contribution in [1.82, 2.24) is 56.7 Å². The summed E-state index contributed by atoms with van der Waals surface area (Å²) in [7, 11) is -0.336. The number of phenols is 1. The van der Waals surface area contributed by atoms with Crippen molar-refractivity contribution < 1.29 is 46.1 Å². The molecule has 0 aliphatic carbocycles. The highest BCUT2D eigenvalue weighted by Gasteiger charge is 2.26. The first-order chi connectivity index (χ1) is 35.9. The zero-order valence-corrected chi connectivity index (χ0v) is 50.4. The van der Waals surface area contributed by atoms with Crippen molar-refractivity contribution in [2.45, 2.75) is 27.9 Å². The molecule has 22 nitrogen and oxygen atoms in total. The van der Waals surface area contributed by atoms with Gasteiger partial charge < -0.3 is 14.6 Å². The van der Waals surface area contributed by atoms with Gasteiger partial charge in [0.2, 0.25) is 27.9 Å². The molecule has 0 aliphatic rings. The molecule has 6 aromatic heterocycles. The molecule has 0 atom stereocenters. The molecule has 4 aromatic carbocycles. The van der Waals surface area contributed by atoms with Crippen LogP contribution < -0.4 is 9.47 Å². The summed E-state index contributed by atoms with van der Waals surface area (Å²) in [6.07, 6.45) is 4.98. The standard InChI is InChI=1S/C19H16N4O4S2.C13H14N4O3S2.C12H12N4O3S2.2CH4.BBr3.H2/c1-22(2)29(25,26)19-21-23-12-16(20-18(23)28-19)14-9-6-10-15(11-14)27-17(24)13-7-4-3-5-8-13;1-16(2)22(18,19)13-15-17-8-11(14-12(17)21-13)9-5-4-6-10(7-9)20-3;1-15(2)21(18,19)12-14-16-7-10(13-11(16)20-12)8-4-3-5-9(17)6-8;;;2-1(3)4;/h3-12H,1-2H3;4-8H,1-3H3;3-7,17H,1-2H3;2*1H4;;1H/i;;;;;;1+1. The van der Waals surface area contributed by atoms with Crippen LogP contribution in [-0.2, 0) is 30.1 Å². The van der Waals surface area contributed by atoms with Crippen LogP contribution in [0, 0.1) is 0 Å². The highest BCUT2D eigenvalue weighted by Crippen LogP contribution is 2.31. The molecular weight excluding hydrogens is 1320 g/mol. The summed E-state index contributed by atoms with van der Waals surface area (Å²) in [6, 6.07) is 29.9. The van der Waals surface area contributed by atoms with Crippen LogP contribution in [0.4, 0.5) is 0 Å². The largest absolute Gasteiger partial charge is 0.508 e. The molecule has 10 rings (SSSR count). The molecule has 0 amide bonds. The maximum Gasteiger partial charge on any atom is 0.369 e. The number of esters is 1. The lowest BCUT2D eigenvalue weighted by Gasteiger charge is -2.06. The summed E-state index contributed by atoms with van der Waals surface area (Å²) in [5.41, 5.74) is 4.73. The molecule has 6 heterocycles. The van der Waals surface area contributed by atoms with Gasteiger partial charge in [-0.25, -0.2) is 71.5 Å². The smallest absolute Gasteiger partial charge is 0.369 e. The number of aromatic hydroxyl groups is 1. The van der Waals surface area contributed by atoms with Gasteiger partial charge in [0, 0.05) is 60.4 Å². The molecule has 0 unspecified atom stereocenters. The number of carbonyl (C=O) groups is 1. The Hall–Kier alpha value is -5.52. The Balaban J connectivity index is 0.000000246. The van der Waals surface area contributed by atoms with Crippen LogP contribution in [0.25, 0.3) is 48.7 Å². The Kier molecular flexibility index (Phi) is 21.6. The number of sulfonamides is 3. The molecule has 0 aliphatic heterocycles. The predicted molar refractivity (Wildman–Crippen MR) is 319 cm³/mol. The number of ether oxygens (including phenoxy) is 2. The van der Waals surface area contributed by atoms with E-state index in [1.165, 1.54) is 55.8 Å². The van der Waals surface area contributed by atoms with Crippen molar-refractivity contribution >= 4 is 135 Å². The minimum atomic E-state index is -3.61. The molecule has 0 spiro atoms. The fraction of sp³-hybridized carbons (Fsp3) is 0.196. The van der Waals surface area contributed by atoms with Crippen LogP contribution >= 0.6 is 81.3 Å². The van der Waals surface area contributed by atoms with E-state index in [1.807, 2.05) is 42.5 Å². The van der Waals surface area contributed by atoms with Gasteiger partial charge in [-0.2, -0.15) is 0 Å². The number of aromatic nitrogens is 9. The average molecular weight is 1380 g/mol. The first-order valence-corrected chi connectivity index (χ1v) is 31.0. The van der Waals surface area contributed by atoms with Gasteiger partial charge in [-0.05, 0) is 48.5 Å². The molecule has 78 heavy (non-hydrogen) atoms. The molecule has 1 N–H and O–H groups in total. The van der Waals surface area contributed by atoms with E-state index in [4.69, 9.17) is 9.47 Å². The van der Waals surface area contributed by atoms with E-state index >= 15 is 0 Å². The van der Waals surface area contributed by atoms with Crippen molar-refractivity contribution in [3.63, 3.8) is 0 Å². The SMILES string of the molecule is BrB(Br)Br.C.C.CN(C)S(=O)(=O)c1nn2cc(-c3cccc(O)c3)nc2s1.CN(C)S(=O)(=O)c1nn2cc(-c3cccc(OC(=O)c4ccccc4)c3)nc2s1.COc1cccc(-c2cn3nc(S(=O)(=O)N(C)C)sc3n2)c1.[2HH]. The van der Waals surface area contributed by atoms with E-state index in [-0.39, 0.29) is 38.2 Å². The fourth-order valence-corrected chi connectivity index (χ4v) is 12.8. The van der Waals surface area contributed by atoms with Gasteiger partial charge in [0.25, 0.3) is 30.1 Å².